The van der Waals surface area contributed by atoms with Gasteiger partial charge in [-0.2, -0.15) is 0 Å². The molecule has 1 spiro atoms. The minimum Gasteiger partial charge on any atom is -0.353 e. The van der Waals surface area contributed by atoms with E-state index in [0.717, 1.165) is 24.2 Å². The number of nitrogens with zero attached hydrogens (tertiary/aromatic N) is 2. The maximum Gasteiger partial charge on any atom is 0.327 e. The first-order valence-corrected chi connectivity index (χ1v) is 7.09. The van der Waals surface area contributed by atoms with Crippen molar-refractivity contribution in [3.8, 4) is 0 Å². The van der Waals surface area contributed by atoms with Crippen LogP contribution in [-0.4, -0.2) is 59.9 Å². The van der Waals surface area contributed by atoms with Gasteiger partial charge in [-0.1, -0.05) is 19.3 Å². The van der Waals surface area contributed by atoms with Crippen LogP contribution in [0.3, 0.4) is 0 Å². The van der Waals surface area contributed by atoms with Crippen molar-refractivity contribution in [2.75, 3.05) is 26.7 Å². The molecule has 1 heterocycles. The van der Waals surface area contributed by atoms with E-state index in [1.165, 1.54) is 4.90 Å². The Morgan fingerprint density at radius 3 is 2.48 bits per heavy atom. The van der Waals surface area contributed by atoms with Crippen LogP contribution in [0.2, 0.25) is 0 Å². The standard InChI is InChI=1S/C13H22N4O3.ClH/c1-16-12(20)17(9-10(18)15-8-7-14)11(19)13(16)5-3-2-4-6-13;/h2-9,14H2,1H3,(H,15,18);1H. The van der Waals surface area contributed by atoms with Gasteiger partial charge in [0.2, 0.25) is 5.91 Å². The largest absolute Gasteiger partial charge is 0.353 e. The van der Waals surface area contributed by atoms with Gasteiger partial charge in [0, 0.05) is 20.1 Å². The highest BCUT2D eigenvalue weighted by atomic mass is 35.5. The number of nitrogens with one attached hydrogen (secondary N) is 1. The van der Waals surface area contributed by atoms with E-state index in [0.29, 0.717) is 25.9 Å². The molecule has 0 aromatic carbocycles. The Hall–Kier alpha value is -1.34. The number of amides is 4. The number of imide groups is 1. The van der Waals surface area contributed by atoms with Crippen molar-refractivity contribution in [1.29, 1.82) is 0 Å². The average molecular weight is 319 g/mol. The summed E-state index contributed by atoms with van der Waals surface area (Å²) in [6, 6.07) is -0.375. The van der Waals surface area contributed by atoms with Crippen LogP contribution in [0.5, 0.6) is 0 Å². The van der Waals surface area contributed by atoms with Gasteiger partial charge in [-0.05, 0) is 12.8 Å². The molecular weight excluding hydrogens is 296 g/mol. The Kier molecular flexibility index (Phi) is 5.98. The third-order valence-corrected chi connectivity index (χ3v) is 4.25. The van der Waals surface area contributed by atoms with Gasteiger partial charge in [-0.15, -0.1) is 12.4 Å². The lowest BCUT2D eigenvalue weighted by Gasteiger charge is -2.35. The lowest BCUT2D eigenvalue weighted by Crippen LogP contribution is -2.49. The molecule has 2 rings (SSSR count). The highest BCUT2D eigenvalue weighted by Crippen LogP contribution is 2.39. The molecule has 0 radical (unpaired) electrons. The quantitative estimate of drug-likeness (QED) is 0.718. The smallest absolute Gasteiger partial charge is 0.327 e. The van der Waals surface area contributed by atoms with Gasteiger partial charge < -0.3 is 16.0 Å². The fourth-order valence-corrected chi connectivity index (χ4v) is 3.08. The molecule has 1 saturated heterocycles. The van der Waals surface area contributed by atoms with E-state index < -0.39 is 5.54 Å². The van der Waals surface area contributed by atoms with E-state index in [4.69, 9.17) is 5.73 Å². The Morgan fingerprint density at radius 1 is 1.29 bits per heavy atom. The molecule has 2 aliphatic rings. The van der Waals surface area contributed by atoms with Crippen molar-refractivity contribution in [3.05, 3.63) is 0 Å². The summed E-state index contributed by atoms with van der Waals surface area (Å²) in [6.45, 7) is 0.456. The zero-order valence-corrected chi connectivity index (χ0v) is 13.1. The van der Waals surface area contributed by atoms with E-state index in [1.807, 2.05) is 0 Å². The Balaban J connectivity index is 0.00000220. The first-order chi connectivity index (χ1) is 9.53. The van der Waals surface area contributed by atoms with Gasteiger partial charge in [0.1, 0.15) is 12.1 Å². The SMILES string of the molecule is CN1C(=O)N(CC(=O)NCCN)C(=O)C12CCCCC2.Cl. The topological polar surface area (TPSA) is 95.7 Å². The summed E-state index contributed by atoms with van der Waals surface area (Å²) in [7, 11) is 1.66. The molecule has 1 aliphatic carbocycles. The van der Waals surface area contributed by atoms with Crippen LogP contribution in [0, 0.1) is 0 Å². The second-order valence-electron chi connectivity index (χ2n) is 5.46. The highest BCUT2D eigenvalue weighted by molar-refractivity contribution is 6.08. The van der Waals surface area contributed by atoms with Gasteiger partial charge in [-0.25, -0.2) is 4.79 Å². The first-order valence-electron chi connectivity index (χ1n) is 7.09. The molecular formula is C13H23ClN4O3. The summed E-state index contributed by atoms with van der Waals surface area (Å²) in [5.41, 5.74) is 4.58. The van der Waals surface area contributed by atoms with Crippen LogP contribution in [0.15, 0.2) is 0 Å². The fourth-order valence-electron chi connectivity index (χ4n) is 3.08. The van der Waals surface area contributed by atoms with Crippen LogP contribution in [0.25, 0.3) is 0 Å². The molecule has 4 amide bonds. The predicted molar refractivity (Wildman–Crippen MR) is 80.0 cm³/mol. The average Bonchev–Trinajstić information content (AvgIpc) is 2.62. The molecule has 1 aliphatic heterocycles. The van der Waals surface area contributed by atoms with Crippen molar-refractivity contribution < 1.29 is 14.4 Å². The molecule has 0 aromatic rings. The molecule has 2 fully saturated rings. The maximum absolute atomic E-state index is 12.6. The summed E-state index contributed by atoms with van der Waals surface area (Å²) < 4.78 is 0. The molecule has 120 valence electrons. The zero-order chi connectivity index (χ0) is 14.8. The number of nitrogens with two attached hydrogens (primary N) is 1. The van der Waals surface area contributed by atoms with Crippen LogP contribution in [-0.2, 0) is 9.59 Å². The number of likely N-dealkylation sites (N-methyl/N-ethyl adjacent to an activating group) is 1. The van der Waals surface area contributed by atoms with E-state index in [1.54, 1.807) is 7.05 Å². The number of hydrogen-bond acceptors (Lipinski definition) is 4. The number of carbonyl (C=O) groups excluding carboxylic acids is 3. The predicted octanol–water partition coefficient (Wildman–Crippen LogP) is 0.0800. The van der Waals surface area contributed by atoms with Crippen LogP contribution >= 0.6 is 12.4 Å². The number of hydrogen-bond donors (Lipinski definition) is 2. The highest BCUT2D eigenvalue weighted by Gasteiger charge is 2.55. The second-order valence-corrected chi connectivity index (χ2v) is 5.46. The number of urea groups is 1. The summed E-state index contributed by atoms with van der Waals surface area (Å²) in [4.78, 5) is 39.1. The molecule has 21 heavy (non-hydrogen) atoms. The number of rotatable bonds is 4. The van der Waals surface area contributed by atoms with E-state index >= 15 is 0 Å². The fraction of sp³-hybridized carbons (Fsp3) is 0.769. The van der Waals surface area contributed by atoms with Gasteiger partial charge in [-0.3, -0.25) is 14.5 Å². The molecule has 3 N–H and O–H groups in total. The van der Waals surface area contributed by atoms with Crippen molar-refractivity contribution in [2.24, 2.45) is 5.73 Å². The molecule has 1 saturated carbocycles. The number of halogens is 1. The van der Waals surface area contributed by atoms with E-state index in [9.17, 15) is 14.4 Å². The molecule has 7 nitrogen and oxygen atoms in total. The lowest BCUT2D eigenvalue weighted by molar-refractivity contribution is -0.137. The van der Waals surface area contributed by atoms with Crippen LogP contribution in [0.4, 0.5) is 4.79 Å². The molecule has 0 atom stereocenters. The normalized spacial score (nSPS) is 20.7. The van der Waals surface area contributed by atoms with Crippen molar-refractivity contribution in [1.82, 2.24) is 15.1 Å². The lowest BCUT2D eigenvalue weighted by atomic mass is 9.81. The third kappa shape index (κ3) is 3.13. The first kappa shape index (κ1) is 17.7. The molecule has 0 aromatic heterocycles. The number of carbonyl (C=O) groups is 3. The summed E-state index contributed by atoms with van der Waals surface area (Å²) in [5.74, 6) is -0.578. The van der Waals surface area contributed by atoms with Gasteiger partial charge in [0.15, 0.2) is 0 Å². The minimum absolute atomic E-state index is 0. The maximum atomic E-state index is 12.6. The van der Waals surface area contributed by atoms with Crippen LogP contribution in [0.1, 0.15) is 32.1 Å². The Labute approximate surface area is 130 Å². The van der Waals surface area contributed by atoms with Crippen molar-refractivity contribution in [2.45, 2.75) is 37.6 Å². The minimum atomic E-state index is -0.719. The monoisotopic (exact) mass is 318 g/mol. The van der Waals surface area contributed by atoms with E-state index in [-0.39, 0.29) is 36.8 Å². The Bertz CT molecular complexity index is 424. The van der Waals surface area contributed by atoms with Gasteiger partial charge >= 0.3 is 6.03 Å². The van der Waals surface area contributed by atoms with Gasteiger partial charge in [0.25, 0.3) is 5.91 Å². The third-order valence-electron chi connectivity index (χ3n) is 4.25. The van der Waals surface area contributed by atoms with Crippen molar-refractivity contribution in [3.63, 3.8) is 0 Å². The molecule has 0 bridgehead atoms. The zero-order valence-electron chi connectivity index (χ0n) is 12.3. The molecule has 0 unspecified atom stereocenters. The van der Waals surface area contributed by atoms with Crippen molar-refractivity contribution >= 4 is 30.3 Å². The summed E-state index contributed by atoms with van der Waals surface area (Å²) >= 11 is 0. The Morgan fingerprint density at radius 2 is 1.90 bits per heavy atom. The summed E-state index contributed by atoms with van der Waals surface area (Å²) in [6.07, 6.45) is 4.35. The molecule has 8 heteroatoms. The van der Waals surface area contributed by atoms with Crippen LogP contribution < -0.4 is 11.1 Å². The van der Waals surface area contributed by atoms with Gasteiger partial charge in [0.05, 0.1) is 0 Å². The summed E-state index contributed by atoms with van der Waals surface area (Å²) in [5, 5.41) is 2.58. The van der Waals surface area contributed by atoms with E-state index in [2.05, 4.69) is 5.32 Å². The second kappa shape index (κ2) is 7.09.